The number of nitrogens with one attached hydrogen (secondary N) is 1. The van der Waals surface area contributed by atoms with Crippen LogP contribution in [-0.2, 0) is 9.59 Å². The maximum absolute atomic E-state index is 13.6. The number of hydrogen-bond donors (Lipinski definition) is 1. The number of imide groups is 1. The van der Waals surface area contributed by atoms with Gasteiger partial charge in [-0.1, -0.05) is 18.2 Å². The van der Waals surface area contributed by atoms with Gasteiger partial charge >= 0.3 is 0 Å². The lowest BCUT2D eigenvalue weighted by Gasteiger charge is -2.18. The Morgan fingerprint density at radius 2 is 1.55 bits per heavy atom. The minimum atomic E-state index is -0.551. The molecule has 0 spiro atoms. The smallest absolute Gasteiger partial charge is 0.282 e. The van der Waals surface area contributed by atoms with E-state index in [-0.39, 0.29) is 17.0 Å². The molecule has 0 aromatic heterocycles. The van der Waals surface area contributed by atoms with Crippen LogP contribution < -0.4 is 15.0 Å². The van der Waals surface area contributed by atoms with Gasteiger partial charge in [-0.05, 0) is 66.9 Å². The molecule has 33 heavy (non-hydrogen) atoms. The van der Waals surface area contributed by atoms with Crippen molar-refractivity contribution >= 4 is 34.4 Å². The molecule has 0 fully saturated rings. The first kappa shape index (κ1) is 21.8. The summed E-state index contributed by atoms with van der Waals surface area (Å²) in [4.78, 5) is 38.7. The highest BCUT2D eigenvalue weighted by Gasteiger charge is 2.41. The van der Waals surface area contributed by atoms with Crippen LogP contribution in [0.3, 0.4) is 0 Å². The topological polar surface area (TPSA) is 102 Å². The van der Waals surface area contributed by atoms with E-state index in [1.54, 1.807) is 24.3 Å². The van der Waals surface area contributed by atoms with Crippen LogP contribution in [0.1, 0.15) is 16.7 Å². The van der Waals surface area contributed by atoms with E-state index >= 15 is 0 Å². The lowest BCUT2D eigenvalue weighted by Crippen LogP contribution is -2.32. The van der Waals surface area contributed by atoms with Gasteiger partial charge in [-0.15, -0.1) is 0 Å². The molecule has 0 aliphatic carbocycles. The summed E-state index contributed by atoms with van der Waals surface area (Å²) in [6, 6.07) is 18.0. The number of nitro benzene ring substituents is 1. The van der Waals surface area contributed by atoms with Gasteiger partial charge in [0, 0.05) is 17.8 Å². The largest absolute Gasteiger partial charge is 0.495 e. The average molecular weight is 443 g/mol. The Kier molecular flexibility index (Phi) is 5.66. The molecule has 1 aliphatic rings. The van der Waals surface area contributed by atoms with E-state index in [2.05, 4.69) is 5.32 Å². The van der Waals surface area contributed by atoms with E-state index in [0.717, 1.165) is 16.0 Å². The van der Waals surface area contributed by atoms with Crippen molar-refractivity contribution in [1.29, 1.82) is 0 Å². The van der Waals surface area contributed by atoms with Crippen LogP contribution in [0.15, 0.2) is 72.4 Å². The molecule has 0 bridgehead atoms. The van der Waals surface area contributed by atoms with E-state index in [9.17, 15) is 19.7 Å². The van der Waals surface area contributed by atoms with E-state index < -0.39 is 16.7 Å². The number of ether oxygens (including phenoxy) is 1. The second-order valence-corrected chi connectivity index (χ2v) is 7.67. The molecule has 8 nitrogen and oxygen atoms in total. The van der Waals surface area contributed by atoms with Crippen molar-refractivity contribution in [3.05, 3.63) is 99.2 Å². The maximum atomic E-state index is 13.6. The summed E-state index contributed by atoms with van der Waals surface area (Å²) in [5, 5.41) is 14.2. The van der Waals surface area contributed by atoms with E-state index in [1.807, 2.05) is 32.0 Å². The summed E-state index contributed by atoms with van der Waals surface area (Å²) in [6.07, 6.45) is 0. The molecule has 3 aromatic carbocycles. The number of para-hydroxylation sites is 2. The average Bonchev–Trinajstić information content (AvgIpc) is 3.02. The molecular formula is C25H21N3O5. The monoisotopic (exact) mass is 443 g/mol. The number of carbonyl (C=O) groups excluding carboxylic acids is 2. The summed E-state index contributed by atoms with van der Waals surface area (Å²) in [7, 11) is 1.46. The number of non-ortho nitro benzene ring substituents is 1. The van der Waals surface area contributed by atoms with Gasteiger partial charge < -0.3 is 10.1 Å². The Bertz CT molecular complexity index is 1290. The number of carbonyl (C=O) groups is 2. The first-order chi connectivity index (χ1) is 15.8. The first-order valence-corrected chi connectivity index (χ1v) is 10.2. The van der Waals surface area contributed by atoms with Crippen molar-refractivity contribution in [2.75, 3.05) is 17.3 Å². The van der Waals surface area contributed by atoms with Crippen molar-refractivity contribution in [3.8, 4) is 5.75 Å². The Morgan fingerprint density at radius 1 is 0.909 bits per heavy atom. The highest BCUT2D eigenvalue weighted by molar-refractivity contribution is 6.46. The number of hydrogen-bond acceptors (Lipinski definition) is 6. The van der Waals surface area contributed by atoms with Crippen molar-refractivity contribution in [3.63, 3.8) is 0 Å². The number of methoxy groups -OCH3 is 1. The molecule has 2 amide bonds. The fourth-order valence-electron chi connectivity index (χ4n) is 3.89. The number of benzene rings is 3. The Labute approximate surface area is 190 Å². The predicted octanol–water partition coefficient (Wildman–Crippen LogP) is 4.62. The molecule has 1 aliphatic heterocycles. The molecule has 3 aromatic rings. The van der Waals surface area contributed by atoms with Gasteiger partial charge in [0.2, 0.25) is 0 Å². The third kappa shape index (κ3) is 4.06. The minimum Gasteiger partial charge on any atom is -0.495 e. The molecule has 0 unspecified atom stereocenters. The molecular weight excluding hydrogens is 422 g/mol. The summed E-state index contributed by atoms with van der Waals surface area (Å²) in [5.41, 5.74) is 3.45. The van der Waals surface area contributed by atoms with Crippen LogP contribution in [0, 0.1) is 24.0 Å². The second kappa shape index (κ2) is 8.58. The maximum Gasteiger partial charge on any atom is 0.282 e. The summed E-state index contributed by atoms with van der Waals surface area (Å²) in [6.45, 7) is 3.87. The van der Waals surface area contributed by atoms with Gasteiger partial charge in [-0.25, -0.2) is 4.90 Å². The Morgan fingerprint density at radius 3 is 2.15 bits per heavy atom. The fraction of sp³-hybridized carbons (Fsp3) is 0.120. The molecule has 1 N–H and O–H groups in total. The zero-order valence-electron chi connectivity index (χ0n) is 18.3. The Balaban J connectivity index is 1.86. The number of amides is 2. The van der Waals surface area contributed by atoms with Gasteiger partial charge in [0.1, 0.15) is 11.4 Å². The van der Waals surface area contributed by atoms with Gasteiger partial charge in [-0.2, -0.15) is 0 Å². The summed E-state index contributed by atoms with van der Waals surface area (Å²) >= 11 is 0. The van der Waals surface area contributed by atoms with Gasteiger partial charge in [0.15, 0.2) is 0 Å². The first-order valence-electron chi connectivity index (χ1n) is 10.2. The van der Waals surface area contributed by atoms with E-state index in [1.165, 1.54) is 31.4 Å². The lowest BCUT2D eigenvalue weighted by atomic mass is 10.0. The molecule has 0 saturated heterocycles. The molecule has 0 atom stereocenters. The van der Waals surface area contributed by atoms with Crippen molar-refractivity contribution in [2.24, 2.45) is 0 Å². The SMILES string of the molecule is COc1ccccc1N1C(=O)C(Nc2cc(C)cc(C)c2)=C(c2ccc([N+](=O)[O-])cc2)C1=O. The standard InChI is InChI=1S/C25H21N3O5/c1-15-12-16(2)14-18(13-15)26-23-22(17-8-10-19(11-9-17)28(31)32)24(29)27(25(23)30)20-6-4-5-7-21(20)33-3/h4-14,26H,1-3H3. The number of nitro groups is 1. The number of aryl methyl sites for hydroxylation is 2. The highest BCUT2D eigenvalue weighted by atomic mass is 16.6. The molecule has 0 saturated carbocycles. The zero-order chi connectivity index (χ0) is 23.7. The van der Waals surface area contributed by atoms with Crippen LogP contribution in [0.4, 0.5) is 17.1 Å². The molecule has 166 valence electrons. The quantitative estimate of drug-likeness (QED) is 0.339. The van der Waals surface area contributed by atoms with E-state index in [0.29, 0.717) is 22.7 Å². The third-order valence-electron chi connectivity index (χ3n) is 5.27. The van der Waals surface area contributed by atoms with Crippen LogP contribution in [0.25, 0.3) is 5.57 Å². The molecule has 1 heterocycles. The van der Waals surface area contributed by atoms with Gasteiger partial charge in [-0.3, -0.25) is 19.7 Å². The summed E-state index contributed by atoms with van der Waals surface area (Å²) in [5.74, 6) is -0.725. The van der Waals surface area contributed by atoms with Crippen LogP contribution in [0.2, 0.25) is 0 Å². The predicted molar refractivity (Wildman–Crippen MR) is 125 cm³/mol. The zero-order valence-corrected chi connectivity index (χ0v) is 18.3. The normalized spacial score (nSPS) is 13.5. The molecule has 0 radical (unpaired) electrons. The van der Waals surface area contributed by atoms with Gasteiger partial charge in [0.25, 0.3) is 17.5 Å². The van der Waals surface area contributed by atoms with E-state index in [4.69, 9.17) is 4.74 Å². The third-order valence-corrected chi connectivity index (χ3v) is 5.27. The van der Waals surface area contributed by atoms with Crippen LogP contribution in [0.5, 0.6) is 5.75 Å². The highest BCUT2D eigenvalue weighted by Crippen LogP contribution is 2.38. The van der Waals surface area contributed by atoms with Crippen LogP contribution >= 0.6 is 0 Å². The van der Waals surface area contributed by atoms with Crippen LogP contribution in [-0.4, -0.2) is 23.8 Å². The molecule has 8 heteroatoms. The fourth-order valence-corrected chi connectivity index (χ4v) is 3.89. The second-order valence-electron chi connectivity index (χ2n) is 7.67. The van der Waals surface area contributed by atoms with Crippen molar-refractivity contribution < 1.29 is 19.2 Å². The lowest BCUT2D eigenvalue weighted by molar-refractivity contribution is -0.384. The minimum absolute atomic E-state index is 0.0877. The van der Waals surface area contributed by atoms with Crippen molar-refractivity contribution in [1.82, 2.24) is 0 Å². The number of anilines is 2. The summed E-state index contributed by atoms with van der Waals surface area (Å²) < 4.78 is 5.36. The number of nitrogens with zero attached hydrogens (tertiary/aromatic N) is 2. The molecule has 4 rings (SSSR count). The Hall–Kier alpha value is -4.46. The van der Waals surface area contributed by atoms with Crippen molar-refractivity contribution in [2.45, 2.75) is 13.8 Å². The van der Waals surface area contributed by atoms with Gasteiger partial charge in [0.05, 0.1) is 23.3 Å². The number of rotatable bonds is 6.